The van der Waals surface area contributed by atoms with Crippen LogP contribution in [-0.4, -0.2) is 10.2 Å². The van der Waals surface area contributed by atoms with Gasteiger partial charge < -0.3 is 10.2 Å². The number of hydrogen-bond acceptors (Lipinski definition) is 4. The number of rotatable bonds is 2. The van der Waals surface area contributed by atoms with E-state index >= 15 is 0 Å². The van der Waals surface area contributed by atoms with E-state index in [1.54, 1.807) is 24.3 Å². The molecule has 0 aliphatic rings. The molecule has 0 atom stereocenters. The summed E-state index contributed by atoms with van der Waals surface area (Å²) in [6.45, 7) is 0. The van der Waals surface area contributed by atoms with Crippen molar-refractivity contribution in [1.82, 2.24) is 0 Å². The Hall–Kier alpha value is -2.07. The van der Waals surface area contributed by atoms with Crippen molar-refractivity contribution in [2.75, 3.05) is 0 Å². The lowest BCUT2D eigenvalue weighted by atomic mass is 10.3. The predicted octanol–water partition coefficient (Wildman–Crippen LogP) is 4.17. The van der Waals surface area contributed by atoms with Gasteiger partial charge in [0.2, 0.25) is 0 Å². The molecule has 0 fully saturated rings. The van der Waals surface area contributed by atoms with Crippen molar-refractivity contribution in [3.8, 4) is 11.5 Å². The van der Waals surface area contributed by atoms with E-state index in [0.29, 0.717) is 10.7 Å². The van der Waals surface area contributed by atoms with Crippen molar-refractivity contribution >= 4 is 23.0 Å². The van der Waals surface area contributed by atoms with Crippen LogP contribution in [0.15, 0.2) is 52.7 Å². The molecule has 0 bridgehead atoms. The molecule has 0 saturated carbocycles. The lowest BCUT2D eigenvalue weighted by Crippen LogP contribution is -1.69. The Balaban J connectivity index is 2.29. The van der Waals surface area contributed by atoms with Gasteiger partial charge >= 0.3 is 0 Å². The molecular weight excluding hydrogens is 240 g/mol. The van der Waals surface area contributed by atoms with Crippen LogP contribution in [0.25, 0.3) is 0 Å². The maximum absolute atomic E-state index is 9.49. The van der Waals surface area contributed by atoms with Crippen LogP contribution in [0.5, 0.6) is 11.5 Å². The second-order valence-corrected chi connectivity index (χ2v) is 3.73. The van der Waals surface area contributed by atoms with Crippen LogP contribution in [0.4, 0.5) is 11.4 Å². The molecule has 2 aromatic carbocycles. The molecule has 0 aliphatic heterocycles. The molecular formula is C12H9ClN2O2. The quantitative estimate of drug-likeness (QED) is 0.784. The number of benzene rings is 2. The van der Waals surface area contributed by atoms with Crippen molar-refractivity contribution in [2.24, 2.45) is 10.2 Å². The highest BCUT2D eigenvalue weighted by atomic mass is 35.5. The molecule has 17 heavy (non-hydrogen) atoms. The van der Waals surface area contributed by atoms with E-state index in [2.05, 4.69) is 10.2 Å². The van der Waals surface area contributed by atoms with Crippen LogP contribution >= 0.6 is 11.6 Å². The summed E-state index contributed by atoms with van der Waals surface area (Å²) >= 11 is 5.90. The van der Waals surface area contributed by atoms with Crippen molar-refractivity contribution in [3.05, 3.63) is 47.5 Å². The van der Waals surface area contributed by atoms with Crippen molar-refractivity contribution in [2.45, 2.75) is 0 Å². The molecule has 0 aliphatic carbocycles. The first-order valence-corrected chi connectivity index (χ1v) is 5.23. The molecule has 0 saturated heterocycles. The zero-order valence-corrected chi connectivity index (χ0v) is 9.46. The molecule has 0 amide bonds. The number of nitrogens with zero attached hydrogens (tertiary/aromatic N) is 2. The molecule has 2 N–H and O–H groups in total. The zero-order valence-electron chi connectivity index (χ0n) is 8.71. The van der Waals surface area contributed by atoms with Gasteiger partial charge in [0.1, 0.15) is 22.9 Å². The summed E-state index contributed by atoms with van der Waals surface area (Å²) in [4.78, 5) is 0. The Kier molecular flexibility index (Phi) is 3.25. The van der Waals surface area contributed by atoms with E-state index in [9.17, 15) is 5.11 Å². The predicted molar refractivity (Wildman–Crippen MR) is 65.4 cm³/mol. The van der Waals surface area contributed by atoms with Gasteiger partial charge in [0.25, 0.3) is 0 Å². The third-order valence-electron chi connectivity index (χ3n) is 2.08. The van der Waals surface area contributed by atoms with Crippen LogP contribution in [0.1, 0.15) is 0 Å². The van der Waals surface area contributed by atoms with Gasteiger partial charge in [0.15, 0.2) is 0 Å². The molecule has 0 radical (unpaired) electrons. The topological polar surface area (TPSA) is 65.2 Å². The second kappa shape index (κ2) is 4.84. The van der Waals surface area contributed by atoms with E-state index in [0.717, 1.165) is 0 Å². The summed E-state index contributed by atoms with van der Waals surface area (Å²) in [6, 6.07) is 11.1. The van der Waals surface area contributed by atoms with Crippen molar-refractivity contribution < 1.29 is 10.2 Å². The van der Waals surface area contributed by atoms with Crippen LogP contribution in [-0.2, 0) is 0 Å². The zero-order chi connectivity index (χ0) is 12.3. The van der Waals surface area contributed by atoms with Gasteiger partial charge in [-0.1, -0.05) is 23.7 Å². The molecule has 0 spiro atoms. The normalized spacial score (nSPS) is 10.9. The summed E-state index contributed by atoms with van der Waals surface area (Å²) in [6.07, 6.45) is 0. The van der Waals surface area contributed by atoms with Gasteiger partial charge in [0.05, 0.1) is 5.02 Å². The van der Waals surface area contributed by atoms with Crippen molar-refractivity contribution in [1.29, 1.82) is 0 Å². The Bertz CT molecular complexity index is 570. The molecule has 4 nitrogen and oxygen atoms in total. The van der Waals surface area contributed by atoms with Gasteiger partial charge in [-0.25, -0.2) is 0 Å². The van der Waals surface area contributed by atoms with Gasteiger partial charge in [-0.15, -0.1) is 10.2 Å². The highest BCUT2D eigenvalue weighted by molar-refractivity contribution is 6.32. The lowest BCUT2D eigenvalue weighted by Gasteiger charge is -1.99. The van der Waals surface area contributed by atoms with Gasteiger partial charge in [-0.3, -0.25) is 0 Å². The number of phenolic OH excluding ortho intramolecular Hbond substituents is 2. The van der Waals surface area contributed by atoms with Crippen LogP contribution < -0.4 is 0 Å². The summed E-state index contributed by atoms with van der Waals surface area (Å²) in [5.74, 6) is -0.167. The fraction of sp³-hybridized carbons (Fsp3) is 0. The molecule has 0 unspecified atom stereocenters. The number of hydrogen-bond donors (Lipinski definition) is 2. The fourth-order valence-electron chi connectivity index (χ4n) is 1.24. The van der Waals surface area contributed by atoms with E-state index in [1.165, 1.54) is 18.2 Å². The SMILES string of the molecule is Oc1ccc(N=Nc2ccccc2Cl)c(O)c1. The molecule has 0 aromatic heterocycles. The summed E-state index contributed by atoms with van der Waals surface area (Å²) < 4.78 is 0. The first-order valence-electron chi connectivity index (χ1n) is 4.85. The standard InChI is InChI=1S/C12H9ClN2O2/c13-9-3-1-2-4-10(9)14-15-11-6-5-8(16)7-12(11)17/h1-7,16-17H. The Labute approximate surface area is 103 Å². The van der Waals surface area contributed by atoms with E-state index < -0.39 is 0 Å². The number of phenols is 2. The summed E-state index contributed by atoms with van der Waals surface area (Å²) in [7, 11) is 0. The largest absolute Gasteiger partial charge is 0.508 e. The Morgan fingerprint density at radius 2 is 1.59 bits per heavy atom. The van der Waals surface area contributed by atoms with Crippen LogP contribution in [0.2, 0.25) is 5.02 Å². The third kappa shape index (κ3) is 2.73. The lowest BCUT2D eigenvalue weighted by molar-refractivity contribution is 0.451. The smallest absolute Gasteiger partial charge is 0.146 e. The summed E-state index contributed by atoms with van der Waals surface area (Å²) in [5, 5.41) is 26.9. The average molecular weight is 249 g/mol. The Morgan fingerprint density at radius 1 is 0.882 bits per heavy atom. The average Bonchev–Trinajstić information content (AvgIpc) is 2.30. The highest BCUT2D eigenvalue weighted by Gasteiger charge is 2.01. The maximum Gasteiger partial charge on any atom is 0.146 e. The van der Waals surface area contributed by atoms with E-state index in [-0.39, 0.29) is 17.2 Å². The molecule has 2 rings (SSSR count). The Morgan fingerprint density at radius 3 is 2.29 bits per heavy atom. The van der Waals surface area contributed by atoms with Gasteiger partial charge in [-0.2, -0.15) is 0 Å². The van der Waals surface area contributed by atoms with Gasteiger partial charge in [-0.05, 0) is 24.3 Å². The van der Waals surface area contributed by atoms with Gasteiger partial charge in [0, 0.05) is 6.07 Å². The minimum absolute atomic E-state index is 0.0285. The minimum Gasteiger partial charge on any atom is -0.508 e. The third-order valence-corrected chi connectivity index (χ3v) is 2.40. The monoisotopic (exact) mass is 248 g/mol. The molecule has 86 valence electrons. The first-order chi connectivity index (χ1) is 8.16. The van der Waals surface area contributed by atoms with Crippen molar-refractivity contribution in [3.63, 3.8) is 0 Å². The summed E-state index contributed by atoms with van der Waals surface area (Å²) in [5.41, 5.74) is 0.782. The first kappa shape index (κ1) is 11.4. The molecule has 2 aromatic rings. The van der Waals surface area contributed by atoms with E-state index in [1.807, 2.05) is 0 Å². The molecule has 0 heterocycles. The second-order valence-electron chi connectivity index (χ2n) is 3.32. The number of azo groups is 1. The number of halogens is 1. The van der Waals surface area contributed by atoms with Crippen LogP contribution in [0.3, 0.4) is 0 Å². The van der Waals surface area contributed by atoms with Crippen LogP contribution in [0, 0.1) is 0 Å². The fourth-order valence-corrected chi connectivity index (χ4v) is 1.41. The maximum atomic E-state index is 9.49. The highest BCUT2D eigenvalue weighted by Crippen LogP contribution is 2.32. The minimum atomic E-state index is -0.138. The number of aromatic hydroxyl groups is 2. The van der Waals surface area contributed by atoms with E-state index in [4.69, 9.17) is 16.7 Å². The molecule has 5 heteroatoms.